The molecule has 0 aromatic heterocycles. The lowest BCUT2D eigenvalue weighted by Gasteiger charge is -2.59. The minimum Gasteiger partial charge on any atom is -0.319 e. The average Bonchev–Trinajstić information content (AvgIpc) is 2.26. The number of likely N-dealkylation sites (tertiary alicyclic amines) is 1. The van der Waals surface area contributed by atoms with Gasteiger partial charge < -0.3 is 5.32 Å². The van der Waals surface area contributed by atoms with Crippen LogP contribution in [0.2, 0.25) is 0 Å². The normalized spacial score (nSPS) is 22.8. The smallest absolute Gasteiger partial charge is 0.123 e. The van der Waals surface area contributed by atoms with Crippen LogP contribution in [-0.4, -0.2) is 31.6 Å². The summed E-state index contributed by atoms with van der Waals surface area (Å²) in [4.78, 5) is 2.48. The summed E-state index contributed by atoms with van der Waals surface area (Å²) in [6, 6.07) is 6.89. The third-order valence-corrected chi connectivity index (χ3v) is 4.37. The van der Waals surface area contributed by atoms with Gasteiger partial charge in [0.2, 0.25) is 0 Å². The van der Waals surface area contributed by atoms with Crippen molar-refractivity contribution >= 4 is 0 Å². The molecular weight excluding hydrogens is 227 g/mol. The van der Waals surface area contributed by atoms with Crippen molar-refractivity contribution in [2.45, 2.75) is 19.4 Å². The molecule has 2 aliphatic rings. The van der Waals surface area contributed by atoms with Gasteiger partial charge >= 0.3 is 0 Å². The summed E-state index contributed by atoms with van der Waals surface area (Å²) in [5, 5.41) is 3.26. The fourth-order valence-corrected chi connectivity index (χ4v) is 3.72. The van der Waals surface area contributed by atoms with Crippen LogP contribution in [0.15, 0.2) is 24.3 Å². The predicted octanol–water partition coefficient (Wildman–Crippen LogP) is 2.26. The molecule has 0 unspecified atom stereocenters. The molecule has 1 aliphatic carbocycles. The van der Waals surface area contributed by atoms with Gasteiger partial charge in [0.05, 0.1) is 0 Å². The SMILES string of the molecule is CNCC1CC2(C1)CN(Cc1ccc(F)cc1)C2. The Morgan fingerprint density at radius 2 is 1.94 bits per heavy atom. The predicted molar refractivity (Wildman–Crippen MR) is 70.8 cm³/mol. The molecular formula is C15H21FN2. The highest BCUT2D eigenvalue weighted by Crippen LogP contribution is 2.51. The Morgan fingerprint density at radius 3 is 2.56 bits per heavy atom. The molecule has 0 bridgehead atoms. The Bertz CT molecular complexity index is 401. The van der Waals surface area contributed by atoms with Gasteiger partial charge in [-0.3, -0.25) is 4.90 Å². The highest BCUT2D eigenvalue weighted by atomic mass is 19.1. The van der Waals surface area contributed by atoms with Crippen molar-refractivity contribution < 1.29 is 4.39 Å². The third-order valence-electron chi connectivity index (χ3n) is 4.37. The largest absolute Gasteiger partial charge is 0.319 e. The summed E-state index contributed by atoms with van der Waals surface area (Å²) in [5.74, 6) is 0.746. The number of nitrogens with zero attached hydrogens (tertiary/aromatic N) is 1. The zero-order chi connectivity index (χ0) is 12.6. The van der Waals surface area contributed by atoms with E-state index in [-0.39, 0.29) is 5.82 Å². The molecule has 1 aromatic carbocycles. The molecule has 0 amide bonds. The van der Waals surface area contributed by atoms with Crippen molar-refractivity contribution in [3.8, 4) is 0 Å². The van der Waals surface area contributed by atoms with Crippen LogP contribution in [0.25, 0.3) is 0 Å². The summed E-state index contributed by atoms with van der Waals surface area (Å²) in [5.41, 5.74) is 1.85. The van der Waals surface area contributed by atoms with Crippen molar-refractivity contribution in [3.63, 3.8) is 0 Å². The van der Waals surface area contributed by atoms with E-state index in [9.17, 15) is 4.39 Å². The lowest BCUT2D eigenvalue weighted by Crippen LogP contribution is -2.62. The molecule has 2 fully saturated rings. The van der Waals surface area contributed by atoms with E-state index in [0.717, 1.165) is 12.5 Å². The second kappa shape index (κ2) is 4.63. The van der Waals surface area contributed by atoms with Crippen molar-refractivity contribution in [2.75, 3.05) is 26.7 Å². The van der Waals surface area contributed by atoms with Crippen LogP contribution in [0.3, 0.4) is 0 Å². The van der Waals surface area contributed by atoms with Crippen LogP contribution in [0.4, 0.5) is 4.39 Å². The van der Waals surface area contributed by atoms with Crippen molar-refractivity contribution in [1.82, 2.24) is 10.2 Å². The molecule has 1 N–H and O–H groups in total. The Morgan fingerprint density at radius 1 is 1.28 bits per heavy atom. The van der Waals surface area contributed by atoms with E-state index in [1.54, 1.807) is 12.1 Å². The van der Waals surface area contributed by atoms with E-state index in [2.05, 4.69) is 10.2 Å². The maximum absolute atomic E-state index is 12.8. The molecule has 1 heterocycles. The minimum absolute atomic E-state index is 0.146. The fraction of sp³-hybridized carbons (Fsp3) is 0.600. The van der Waals surface area contributed by atoms with Gasteiger partial charge in [0.15, 0.2) is 0 Å². The molecule has 1 aromatic rings. The van der Waals surface area contributed by atoms with E-state index < -0.39 is 0 Å². The summed E-state index contributed by atoms with van der Waals surface area (Å²) in [6.07, 6.45) is 2.77. The number of hydrogen-bond donors (Lipinski definition) is 1. The van der Waals surface area contributed by atoms with Gasteiger partial charge in [0, 0.05) is 19.6 Å². The van der Waals surface area contributed by atoms with E-state index in [1.807, 2.05) is 19.2 Å². The Balaban J connectivity index is 1.45. The van der Waals surface area contributed by atoms with Gasteiger partial charge in [-0.25, -0.2) is 4.39 Å². The number of hydrogen-bond acceptors (Lipinski definition) is 2. The highest BCUT2D eigenvalue weighted by molar-refractivity contribution is 5.17. The number of nitrogens with one attached hydrogen (secondary N) is 1. The standard InChI is InChI=1S/C15H21FN2/c1-17-8-13-6-15(7-13)10-18(11-15)9-12-2-4-14(16)5-3-12/h2-5,13,17H,6-11H2,1H3. The zero-order valence-corrected chi connectivity index (χ0v) is 11.0. The average molecular weight is 248 g/mol. The molecule has 1 saturated carbocycles. The Kier molecular flexibility index (Phi) is 3.12. The number of rotatable bonds is 4. The minimum atomic E-state index is -0.146. The van der Waals surface area contributed by atoms with Crippen LogP contribution in [0.1, 0.15) is 18.4 Å². The van der Waals surface area contributed by atoms with Crippen LogP contribution in [-0.2, 0) is 6.54 Å². The maximum Gasteiger partial charge on any atom is 0.123 e. The van der Waals surface area contributed by atoms with Crippen molar-refractivity contribution in [1.29, 1.82) is 0 Å². The molecule has 2 nitrogen and oxygen atoms in total. The van der Waals surface area contributed by atoms with Crippen LogP contribution in [0.5, 0.6) is 0 Å². The quantitative estimate of drug-likeness (QED) is 0.879. The van der Waals surface area contributed by atoms with Gasteiger partial charge in [-0.05, 0) is 55.5 Å². The molecule has 1 spiro atoms. The van der Waals surface area contributed by atoms with Crippen LogP contribution in [0, 0.1) is 17.2 Å². The summed E-state index contributed by atoms with van der Waals surface area (Å²) >= 11 is 0. The molecule has 3 rings (SSSR count). The Labute approximate surface area is 108 Å². The molecule has 18 heavy (non-hydrogen) atoms. The van der Waals surface area contributed by atoms with Gasteiger partial charge in [0.25, 0.3) is 0 Å². The van der Waals surface area contributed by atoms with E-state index in [1.165, 1.54) is 38.0 Å². The highest BCUT2D eigenvalue weighted by Gasteiger charge is 2.51. The van der Waals surface area contributed by atoms with Crippen molar-refractivity contribution in [2.24, 2.45) is 11.3 Å². The lowest BCUT2D eigenvalue weighted by atomic mass is 9.57. The van der Waals surface area contributed by atoms with Gasteiger partial charge in [-0.15, -0.1) is 0 Å². The van der Waals surface area contributed by atoms with Gasteiger partial charge in [0.1, 0.15) is 5.82 Å². The maximum atomic E-state index is 12.8. The monoisotopic (exact) mass is 248 g/mol. The van der Waals surface area contributed by atoms with E-state index in [4.69, 9.17) is 0 Å². The lowest BCUT2D eigenvalue weighted by molar-refractivity contribution is -0.0968. The molecule has 3 heteroatoms. The molecule has 1 saturated heterocycles. The van der Waals surface area contributed by atoms with Crippen LogP contribution < -0.4 is 5.32 Å². The summed E-state index contributed by atoms with van der Waals surface area (Å²) < 4.78 is 12.8. The number of halogens is 1. The molecule has 0 radical (unpaired) electrons. The first-order valence-electron chi connectivity index (χ1n) is 6.81. The first-order valence-corrected chi connectivity index (χ1v) is 6.81. The zero-order valence-electron chi connectivity index (χ0n) is 11.0. The summed E-state index contributed by atoms with van der Waals surface area (Å²) in [6.45, 7) is 4.59. The van der Waals surface area contributed by atoms with E-state index in [0.29, 0.717) is 5.41 Å². The van der Waals surface area contributed by atoms with Crippen molar-refractivity contribution in [3.05, 3.63) is 35.6 Å². The van der Waals surface area contributed by atoms with Gasteiger partial charge in [-0.1, -0.05) is 12.1 Å². The van der Waals surface area contributed by atoms with E-state index >= 15 is 0 Å². The molecule has 0 atom stereocenters. The second-order valence-electron chi connectivity index (χ2n) is 6.10. The fourth-order valence-electron chi connectivity index (χ4n) is 3.72. The first kappa shape index (κ1) is 12.1. The second-order valence-corrected chi connectivity index (χ2v) is 6.10. The van der Waals surface area contributed by atoms with Gasteiger partial charge in [-0.2, -0.15) is 0 Å². The Hall–Kier alpha value is -0.930. The topological polar surface area (TPSA) is 15.3 Å². The molecule has 1 aliphatic heterocycles. The number of benzene rings is 1. The molecule has 98 valence electrons. The third kappa shape index (κ3) is 2.29. The summed E-state index contributed by atoms with van der Waals surface area (Å²) in [7, 11) is 2.03. The first-order chi connectivity index (χ1) is 8.69. The van der Waals surface area contributed by atoms with Crippen LogP contribution >= 0.6 is 0 Å².